The number of piperazine rings is 1. The lowest BCUT2D eigenvalue weighted by Crippen LogP contribution is -2.49. The summed E-state index contributed by atoms with van der Waals surface area (Å²) in [4.78, 5) is 4.96. The number of para-hydroxylation sites is 1. The summed E-state index contributed by atoms with van der Waals surface area (Å²) in [6.07, 6.45) is 0.813. The average molecular weight is 262 g/mol. The van der Waals surface area contributed by atoms with Crippen molar-refractivity contribution >= 4 is 5.69 Å². The third-order valence-corrected chi connectivity index (χ3v) is 4.26. The van der Waals surface area contributed by atoms with Crippen molar-refractivity contribution in [3.8, 4) is 0 Å². The predicted octanol–water partition coefficient (Wildman–Crippen LogP) is 2.66. The molecule has 1 aromatic carbocycles. The second-order valence-electron chi connectivity index (χ2n) is 5.52. The quantitative estimate of drug-likeness (QED) is 0.903. The Hall–Kier alpha value is -1.06. The summed E-state index contributed by atoms with van der Waals surface area (Å²) in [5.41, 5.74) is 2.24. The number of aliphatic hydroxyl groups is 1. The second kappa shape index (κ2) is 6.40. The Kier molecular flexibility index (Phi) is 4.83. The van der Waals surface area contributed by atoms with Crippen LogP contribution in [0.25, 0.3) is 0 Å². The van der Waals surface area contributed by atoms with E-state index in [2.05, 4.69) is 35.8 Å². The number of hydrogen-bond donors (Lipinski definition) is 1. The first kappa shape index (κ1) is 14.4. The van der Waals surface area contributed by atoms with E-state index in [1.54, 1.807) is 0 Å². The van der Waals surface area contributed by atoms with E-state index in [-0.39, 0.29) is 0 Å². The van der Waals surface area contributed by atoms with Gasteiger partial charge in [-0.05, 0) is 26.3 Å². The Labute approximate surface area is 116 Å². The molecule has 3 heteroatoms. The summed E-state index contributed by atoms with van der Waals surface area (Å²) < 4.78 is 0. The first-order chi connectivity index (χ1) is 9.13. The Morgan fingerprint density at radius 1 is 1.11 bits per heavy atom. The molecule has 1 fully saturated rings. The Balaban J connectivity index is 2.06. The minimum Gasteiger partial charge on any atom is -0.389 e. The van der Waals surface area contributed by atoms with E-state index >= 15 is 0 Å². The van der Waals surface area contributed by atoms with Gasteiger partial charge in [0.1, 0.15) is 0 Å². The van der Waals surface area contributed by atoms with Crippen LogP contribution in [0.2, 0.25) is 0 Å². The van der Waals surface area contributed by atoms with Gasteiger partial charge in [-0.2, -0.15) is 0 Å². The predicted molar refractivity (Wildman–Crippen MR) is 80.6 cm³/mol. The minimum atomic E-state index is -0.399. The topological polar surface area (TPSA) is 26.7 Å². The van der Waals surface area contributed by atoms with Crippen molar-refractivity contribution in [2.45, 2.75) is 39.3 Å². The lowest BCUT2D eigenvalue weighted by molar-refractivity contribution is 0.189. The largest absolute Gasteiger partial charge is 0.389 e. The van der Waals surface area contributed by atoms with Crippen LogP contribution in [0.1, 0.15) is 38.9 Å². The molecular formula is C16H26N2O. The molecule has 0 amide bonds. The minimum absolute atomic E-state index is 0.399. The standard InChI is InChI=1S/C16H26N2O/c1-4-13(2)17-9-11-18(12-10-17)16-8-6-5-7-15(16)14(3)19/h5-8,13-14,19H,4,9-12H2,1-3H3. The molecule has 1 heterocycles. The zero-order chi connectivity index (χ0) is 13.8. The van der Waals surface area contributed by atoms with Crippen LogP contribution in [-0.4, -0.2) is 42.2 Å². The maximum absolute atomic E-state index is 9.88. The third-order valence-electron chi connectivity index (χ3n) is 4.26. The monoisotopic (exact) mass is 262 g/mol. The van der Waals surface area contributed by atoms with Gasteiger partial charge in [0.2, 0.25) is 0 Å². The maximum atomic E-state index is 9.88. The Bertz CT molecular complexity index is 397. The van der Waals surface area contributed by atoms with Crippen LogP contribution in [0.15, 0.2) is 24.3 Å². The number of rotatable bonds is 4. The van der Waals surface area contributed by atoms with Crippen molar-refractivity contribution in [3.05, 3.63) is 29.8 Å². The van der Waals surface area contributed by atoms with E-state index in [9.17, 15) is 5.11 Å². The van der Waals surface area contributed by atoms with Crippen molar-refractivity contribution < 1.29 is 5.11 Å². The van der Waals surface area contributed by atoms with Crippen LogP contribution >= 0.6 is 0 Å². The van der Waals surface area contributed by atoms with Crippen molar-refractivity contribution in [1.29, 1.82) is 0 Å². The van der Waals surface area contributed by atoms with Crippen LogP contribution in [0.3, 0.4) is 0 Å². The zero-order valence-electron chi connectivity index (χ0n) is 12.3. The highest BCUT2D eigenvalue weighted by Gasteiger charge is 2.22. The molecule has 0 spiro atoms. The first-order valence-corrected chi connectivity index (χ1v) is 7.39. The Morgan fingerprint density at radius 3 is 2.32 bits per heavy atom. The second-order valence-corrected chi connectivity index (χ2v) is 5.52. The Morgan fingerprint density at radius 2 is 1.74 bits per heavy atom. The molecule has 2 rings (SSSR count). The molecule has 1 aliphatic heterocycles. The van der Waals surface area contributed by atoms with Gasteiger partial charge in [0.25, 0.3) is 0 Å². The highest BCUT2D eigenvalue weighted by Crippen LogP contribution is 2.27. The third kappa shape index (κ3) is 3.28. The lowest BCUT2D eigenvalue weighted by atomic mass is 10.1. The summed E-state index contributed by atoms with van der Waals surface area (Å²) in [5, 5.41) is 9.88. The van der Waals surface area contributed by atoms with Crippen LogP contribution in [0, 0.1) is 0 Å². The lowest BCUT2D eigenvalue weighted by Gasteiger charge is -2.39. The molecule has 3 nitrogen and oxygen atoms in total. The molecule has 2 atom stereocenters. The van der Waals surface area contributed by atoms with Gasteiger partial charge in [0.05, 0.1) is 6.10 Å². The summed E-state index contributed by atoms with van der Waals surface area (Å²) in [5.74, 6) is 0. The summed E-state index contributed by atoms with van der Waals surface area (Å²) in [6.45, 7) is 10.7. The van der Waals surface area contributed by atoms with E-state index in [0.717, 1.165) is 31.7 Å². The normalized spacial score (nSPS) is 20.3. The zero-order valence-corrected chi connectivity index (χ0v) is 12.3. The van der Waals surface area contributed by atoms with E-state index in [4.69, 9.17) is 0 Å². The fraction of sp³-hybridized carbons (Fsp3) is 0.625. The van der Waals surface area contributed by atoms with E-state index in [1.807, 2.05) is 19.1 Å². The van der Waals surface area contributed by atoms with Crippen molar-refractivity contribution in [1.82, 2.24) is 4.90 Å². The van der Waals surface area contributed by atoms with Crippen molar-refractivity contribution in [2.24, 2.45) is 0 Å². The van der Waals surface area contributed by atoms with Gasteiger partial charge < -0.3 is 10.0 Å². The fourth-order valence-electron chi connectivity index (χ4n) is 2.79. The van der Waals surface area contributed by atoms with Gasteiger partial charge in [-0.1, -0.05) is 25.1 Å². The number of aliphatic hydroxyl groups excluding tert-OH is 1. The molecule has 106 valence electrons. The maximum Gasteiger partial charge on any atom is 0.0781 e. The van der Waals surface area contributed by atoms with Crippen LogP contribution in [0.4, 0.5) is 5.69 Å². The molecule has 1 N–H and O–H groups in total. The van der Waals surface area contributed by atoms with Gasteiger partial charge in [-0.3, -0.25) is 4.90 Å². The number of anilines is 1. The highest BCUT2D eigenvalue weighted by molar-refractivity contribution is 5.54. The van der Waals surface area contributed by atoms with E-state index in [1.165, 1.54) is 12.1 Å². The first-order valence-electron chi connectivity index (χ1n) is 7.39. The molecule has 0 aromatic heterocycles. The molecule has 0 saturated carbocycles. The van der Waals surface area contributed by atoms with Gasteiger partial charge in [-0.15, -0.1) is 0 Å². The number of nitrogens with zero attached hydrogens (tertiary/aromatic N) is 2. The molecule has 1 saturated heterocycles. The molecule has 2 unspecified atom stereocenters. The van der Waals surface area contributed by atoms with E-state index in [0.29, 0.717) is 6.04 Å². The molecule has 19 heavy (non-hydrogen) atoms. The molecule has 0 aliphatic carbocycles. The van der Waals surface area contributed by atoms with Crippen LogP contribution < -0.4 is 4.90 Å². The highest BCUT2D eigenvalue weighted by atomic mass is 16.3. The summed E-state index contributed by atoms with van der Waals surface area (Å²) in [7, 11) is 0. The van der Waals surface area contributed by atoms with Crippen molar-refractivity contribution in [2.75, 3.05) is 31.1 Å². The smallest absolute Gasteiger partial charge is 0.0781 e. The van der Waals surface area contributed by atoms with Gasteiger partial charge in [0, 0.05) is 43.5 Å². The molecule has 1 aromatic rings. The molecular weight excluding hydrogens is 236 g/mol. The summed E-state index contributed by atoms with van der Waals surface area (Å²) in [6, 6.07) is 8.89. The average Bonchev–Trinajstić information content (AvgIpc) is 2.46. The van der Waals surface area contributed by atoms with Crippen LogP contribution in [0.5, 0.6) is 0 Å². The SMILES string of the molecule is CCC(C)N1CCN(c2ccccc2C(C)O)CC1. The van der Waals surface area contributed by atoms with Gasteiger partial charge >= 0.3 is 0 Å². The molecule has 0 radical (unpaired) electrons. The fourth-order valence-corrected chi connectivity index (χ4v) is 2.79. The van der Waals surface area contributed by atoms with Gasteiger partial charge in [-0.25, -0.2) is 0 Å². The number of benzene rings is 1. The van der Waals surface area contributed by atoms with Crippen molar-refractivity contribution in [3.63, 3.8) is 0 Å². The molecule has 1 aliphatic rings. The van der Waals surface area contributed by atoms with E-state index < -0.39 is 6.10 Å². The van der Waals surface area contributed by atoms with Crippen LogP contribution in [-0.2, 0) is 0 Å². The summed E-state index contributed by atoms with van der Waals surface area (Å²) >= 11 is 0. The molecule has 0 bridgehead atoms. The number of hydrogen-bond acceptors (Lipinski definition) is 3. The van der Waals surface area contributed by atoms with Gasteiger partial charge in [0.15, 0.2) is 0 Å².